The molecule has 0 aromatic heterocycles. The van der Waals surface area contributed by atoms with Crippen molar-refractivity contribution in [1.82, 2.24) is 0 Å². The molecule has 2 heteroatoms. The molecule has 0 fully saturated rings. The largest absolute Gasteiger partial charge is 0.0928 e. The quantitative estimate of drug-likeness (QED) is 0.363. The Morgan fingerprint density at radius 3 is 2.57 bits per heavy atom. The summed E-state index contributed by atoms with van der Waals surface area (Å²) in [5.41, 5.74) is 0. The Balaban J connectivity index is 2.56. The maximum atomic E-state index is 4.50. The average Bonchev–Trinajstić information content (AvgIpc) is 1.69. The number of unbranched alkanes of at least 4 members (excludes halogenated alkanes) is 2. The van der Waals surface area contributed by atoms with Crippen molar-refractivity contribution in [1.29, 1.82) is 0 Å². The summed E-state index contributed by atoms with van der Waals surface area (Å²) in [6.07, 6.45) is 3.35. The summed E-state index contributed by atoms with van der Waals surface area (Å²) in [5, 5.41) is 3.75. The van der Waals surface area contributed by atoms with Crippen LogP contribution in [0.4, 0.5) is 0 Å². The highest BCUT2D eigenvalue weighted by Gasteiger charge is 1.79. The number of hydrogen-bond donors (Lipinski definition) is 0. The summed E-state index contributed by atoms with van der Waals surface area (Å²) >= 11 is 7.82. The average molecular weight is 180 g/mol. The molecular formula is C5H8BrS. The van der Waals surface area contributed by atoms with E-state index in [-0.39, 0.29) is 0 Å². The Kier molecular flexibility index (Phi) is 7.10. The van der Waals surface area contributed by atoms with Crippen LogP contribution in [0.2, 0.25) is 0 Å². The standard InChI is InChI=1S/C5H8BrS/c6-4-2-1-3-5-7/h1-4H2. The molecule has 0 amide bonds. The van der Waals surface area contributed by atoms with Crippen molar-refractivity contribution in [2.75, 3.05) is 5.33 Å². The fourth-order valence-electron chi connectivity index (χ4n) is 0.292. The summed E-state index contributed by atoms with van der Waals surface area (Å²) in [6, 6.07) is 0. The van der Waals surface area contributed by atoms with Crippen molar-refractivity contribution in [2.24, 2.45) is 0 Å². The topological polar surface area (TPSA) is 0 Å². The SMILES string of the molecule is S=[C]CCCCBr. The summed E-state index contributed by atoms with van der Waals surface area (Å²) in [5.74, 6) is 0. The maximum Gasteiger partial charge on any atom is 0.0291 e. The van der Waals surface area contributed by atoms with Gasteiger partial charge in [-0.2, -0.15) is 0 Å². The van der Waals surface area contributed by atoms with E-state index in [4.69, 9.17) is 0 Å². The summed E-state index contributed by atoms with van der Waals surface area (Å²) in [4.78, 5) is 0. The van der Waals surface area contributed by atoms with Crippen LogP contribution in [-0.2, 0) is 0 Å². The van der Waals surface area contributed by atoms with Crippen LogP contribution in [0.5, 0.6) is 0 Å². The van der Waals surface area contributed by atoms with Gasteiger partial charge in [0.05, 0.1) is 0 Å². The molecule has 0 aromatic carbocycles. The van der Waals surface area contributed by atoms with Gasteiger partial charge in [0.15, 0.2) is 0 Å². The Hall–Kier alpha value is 0.570. The molecule has 0 aromatic rings. The molecule has 0 aliphatic carbocycles. The van der Waals surface area contributed by atoms with Crippen molar-refractivity contribution in [3.63, 3.8) is 0 Å². The molecule has 0 aliphatic rings. The van der Waals surface area contributed by atoms with Gasteiger partial charge in [0, 0.05) is 10.7 Å². The van der Waals surface area contributed by atoms with Gasteiger partial charge < -0.3 is 0 Å². The lowest BCUT2D eigenvalue weighted by Crippen LogP contribution is -1.74. The Morgan fingerprint density at radius 1 is 1.43 bits per heavy atom. The minimum atomic E-state index is 0.959. The summed E-state index contributed by atoms with van der Waals surface area (Å²) in [6.45, 7) is 0. The monoisotopic (exact) mass is 179 g/mol. The van der Waals surface area contributed by atoms with Gasteiger partial charge in [-0.05, 0) is 19.3 Å². The maximum absolute atomic E-state index is 4.50. The van der Waals surface area contributed by atoms with Crippen LogP contribution < -0.4 is 0 Å². The molecule has 0 aliphatic heterocycles. The normalized spacial score (nSPS) is 8.71. The highest BCUT2D eigenvalue weighted by atomic mass is 79.9. The Labute approximate surface area is 58.4 Å². The Bertz CT molecular complexity index is 45.3. The van der Waals surface area contributed by atoms with E-state index < -0.39 is 0 Å². The fraction of sp³-hybridized carbons (Fsp3) is 0.800. The molecule has 0 rings (SSSR count). The van der Waals surface area contributed by atoms with Gasteiger partial charge in [-0.25, -0.2) is 0 Å². The lowest BCUT2D eigenvalue weighted by molar-refractivity contribution is 0.861. The van der Waals surface area contributed by atoms with Gasteiger partial charge in [0.1, 0.15) is 0 Å². The first-order chi connectivity index (χ1) is 3.41. The molecule has 0 unspecified atom stereocenters. The van der Waals surface area contributed by atoms with Crippen LogP contribution in [0.3, 0.4) is 0 Å². The van der Waals surface area contributed by atoms with E-state index in [9.17, 15) is 0 Å². The minimum Gasteiger partial charge on any atom is -0.0928 e. The molecule has 7 heavy (non-hydrogen) atoms. The van der Waals surface area contributed by atoms with Gasteiger partial charge in [-0.3, -0.25) is 0 Å². The van der Waals surface area contributed by atoms with Crippen LogP contribution in [0.25, 0.3) is 0 Å². The van der Waals surface area contributed by atoms with Gasteiger partial charge in [-0.15, -0.1) is 0 Å². The number of halogens is 1. The van der Waals surface area contributed by atoms with E-state index in [1.807, 2.05) is 0 Å². The third kappa shape index (κ3) is 6.57. The lowest BCUT2D eigenvalue weighted by Gasteiger charge is -1.85. The first kappa shape index (κ1) is 7.57. The highest BCUT2D eigenvalue weighted by Crippen LogP contribution is 1.95. The molecule has 1 radical (unpaired) electrons. The molecule has 0 heterocycles. The van der Waals surface area contributed by atoms with Gasteiger partial charge in [0.25, 0.3) is 0 Å². The molecule has 0 saturated heterocycles. The minimum absolute atomic E-state index is 0.959. The van der Waals surface area contributed by atoms with E-state index in [1.165, 1.54) is 12.8 Å². The van der Waals surface area contributed by atoms with Crippen molar-refractivity contribution in [3.8, 4) is 0 Å². The van der Waals surface area contributed by atoms with Crippen LogP contribution >= 0.6 is 28.1 Å². The number of thiocarbonyl (C=S) groups is 1. The van der Waals surface area contributed by atoms with E-state index in [1.54, 1.807) is 0 Å². The van der Waals surface area contributed by atoms with E-state index in [2.05, 4.69) is 33.5 Å². The van der Waals surface area contributed by atoms with Crippen molar-refractivity contribution in [3.05, 3.63) is 0 Å². The second-order valence-electron chi connectivity index (χ2n) is 1.29. The van der Waals surface area contributed by atoms with Crippen molar-refractivity contribution < 1.29 is 0 Å². The Morgan fingerprint density at radius 2 is 2.14 bits per heavy atom. The highest BCUT2D eigenvalue weighted by molar-refractivity contribution is 9.09. The van der Waals surface area contributed by atoms with E-state index in [0.717, 1.165) is 11.8 Å². The summed E-state index contributed by atoms with van der Waals surface area (Å²) in [7, 11) is 0. The fourth-order valence-corrected chi connectivity index (χ4v) is 0.832. The zero-order valence-corrected chi connectivity index (χ0v) is 6.52. The van der Waals surface area contributed by atoms with Gasteiger partial charge >= 0.3 is 0 Å². The zero-order chi connectivity index (χ0) is 5.54. The number of rotatable bonds is 4. The summed E-state index contributed by atoms with van der Waals surface area (Å²) < 4.78 is 0. The van der Waals surface area contributed by atoms with E-state index >= 15 is 0 Å². The lowest BCUT2D eigenvalue weighted by atomic mass is 10.3. The smallest absolute Gasteiger partial charge is 0.0291 e. The predicted molar refractivity (Wildman–Crippen MR) is 40.2 cm³/mol. The first-order valence-electron chi connectivity index (χ1n) is 2.32. The molecule has 0 bridgehead atoms. The second kappa shape index (κ2) is 6.57. The van der Waals surface area contributed by atoms with Crippen LogP contribution in [0.1, 0.15) is 19.3 Å². The predicted octanol–water partition coefficient (Wildman–Crippen LogP) is 2.43. The van der Waals surface area contributed by atoms with Gasteiger partial charge in [-0.1, -0.05) is 28.1 Å². The van der Waals surface area contributed by atoms with Crippen molar-refractivity contribution in [2.45, 2.75) is 19.3 Å². The van der Waals surface area contributed by atoms with Gasteiger partial charge in [0.2, 0.25) is 0 Å². The molecule has 0 saturated carbocycles. The molecule has 0 nitrogen and oxygen atoms in total. The van der Waals surface area contributed by atoms with Crippen LogP contribution in [0.15, 0.2) is 0 Å². The van der Waals surface area contributed by atoms with Crippen molar-refractivity contribution >= 4 is 33.5 Å². The molecule has 0 N–H and O–H groups in total. The first-order valence-corrected chi connectivity index (χ1v) is 3.85. The van der Waals surface area contributed by atoms with E-state index in [0.29, 0.717) is 0 Å². The third-order valence-electron chi connectivity index (χ3n) is 0.662. The molecular weight excluding hydrogens is 172 g/mol. The number of alkyl halides is 1. The zero-order valence-electron chi connectivity index (χ0n) is 4.11. The molecule has 0 atom stereocenters. The third-order valence-corrected chi connectivity index (χ3v) is 1.43. The van der Waals surface area contributed by atoms with Crippen LogP contribution in [0, 0.1) is 0 Å². The van der Waals surface area contributed by atoms with Crippen LogP contribution in [-0.4, -0.2) is 10.7 Å². The molecule has 0 spiro atoms. The molecule has 41 valence electrons. The second-order valence-corrected chi connectivity index (χ2v) is 2.37. The number of hydrogen-bond acceptors (Lipinski definition) is 1.